The molecule has 0 unspecified atom stereocenters. The largest absolute Gasteiger partial charge is 0.462 e. The molecular weight excluding hydrogens is 733 g/mol. The molecule has 1 atom stereocenters. The highest BCUT2D eigenvalue weighted by Crippen LogP contribution is 2.18. The first-order valence-corrected chi connectivity index (χ1v) is 26.2. The molecule has 0 fully saturated rings. The third-order valence-corrected chi connectivity index (χ3v) is 12.0. The highest BCUT2D eigenvalue weighted by atomic mass is 16.6. The van der Waals surface area contributed by atoms with Crippen LogP contribution in [0.5, 0.6) is 0 Å². The summed E-state index contributed by atoms with van der Waals surface area (Å²) in [6.45, 7) is 11.3. The van der Waals surface area contributed by atoms with Crippen molar-refractivity contribution < 1.29 is 28.6 Å². The Morgan fingerprint density at radius 2 is 0.559 bits per heavy atom. The monoisotopic (exact) mass is 835 g/mol. The van der Waals surface area contributed by atoms with E-state index in [9.17, 15) is 14.4 Å². The first-order chi connectivity index (χ1) is 28.7. The Hall–Kier alpha value is -1.59. The van der Waals surface area contributed by atoms with Gasteiger partial charge in [0.2, 0.25) is 0 Å². The quantitative estimate of drug-likeness (QED) is 0.0345. The molecule has 0 radical (unpaired) electrons. The zero-order valence-corrected chi connectivity index (χ0v) is 40.4. The molecular formula is C53H102O6. The van der Waals surface area contributed by atoms with Crippen molar-refractivity contribution in [3.05, 3.63) is 0 Å². The fourth-order valence-electron chi connectivity index (χ4n) is 7.99. The lowest BCUT2D eigenvalue weighted by atomic mass is 10.0. The molecule has 6 heteroatoms. The molecule has 59 heavy (non-hydrogen) atoms. The summed E-state index contributed by atoms with van der Waals surface area (Å²) in [6.07, 6.45) is 47.0. The maximum absolute atomic E-state index is 12.7. The van der Waals surface area contributed by atoms with Crippen LogP contribution in [0.4, 0.5) is 0 Å². The first kappa shape index (κ1) is 57.4. The van der Waals surface area contributed by atoms with E-state index >= 15 is 0 Å². The highest BCUT2D eigenvalue weighted by molar-refractivity contribution is 5.71. The predicted octanol–water partition coefficient (Wildman–Crippen LogP) is 16.9. The Labute approximate surface area is 368 Å². The molecule has 0 N–H and O–H groups in total. The van der Waals surface area contributed by atoms with Crippen LogP contribution >= 0.6 is 0 Å². The van der Waals surface area contributed by atoms with Crippen molar-refractivity contribution >= 4 is 17.9 Å². The van der Waals surface area contributed by atoms with Crippen molar-refractivity contribution in [3.8, 4) is 0 Å². The van der Waals surface area contributed by atoms with Crippen molar-refractivity contribution in [1.82, 2.24) is 0 Å². The van der Waals surface area contributed by atoms with Gasteiger partial charge in [0.15, 0.2) is 6.10 Å². The van der Waals surface area contributed by atoms with Crippen LogP contribution in [0.2, 0.25) is 0 Å². The summed E-state index contributed by atoms with van der Waals surface area (Å²) in [5.74, 6) is 0.831. The van der Waals surface area contributed by atoms with Crippen LogP contribution in [-0.2, 0) is 28.6 Å². The normalized spacial score (nSPS) is 12.1. The predicted molar refractivity (Wildman–Crippen MR) is 252 cm³/mol. The van der Waals surface area contributed by atoms with Crippen LogP contribution in [0, 0.1) is 11.8 Å². The number of rotatable bonds is 47. The van der Waals surface area contributed by atoms with Crippen molar-refractivity contribution in [1.29, 1.82) is 0 Å². The molecule has 0 aliphatic heterocycles. The second-order valence-corrected chi connectivity index (χ2v) is 19.1. The summed E-state index contributed by atoms with van der Waals surface area (Å²) >= 11 is 0. The number of hydrogen-bond donors (Lipinski definition) is 0. The Balaban J connectivity index is 4.07. The van der Waals surface area contributed by atoms with Gasteiger partial charge in [0.05, 0.1) is 0 Å². The Morgan fingerprint density at radius 1 is 0.322 bits per heavy atom. The second kappa shape index (κ2) is 45.9. The van der Waals surface area contributed by atoms with Gasteiger partial charge in [0, 0.05) is 19.3 Å². The molecule has 0 aromatic heterocycles. The summed E-state index contributed by atoms with van der Waals surface area (Å²) in [5, 5.41) is 0. The molecule has 0 aromatic carbocycles. The van der Waals surface area contributed by atoms with Crippen LogP contribution in [0.3, 0.4) is 0 Å². The lowest BCUT2D eigenvalue weighted by Gasteiger charge is -2.18. The van der Waals surface area contributed by atoms with Crippen molar-refractivity contribution in [3.63, 3.8) is 0 Å². The second-order valence-electron chi connectivity index (χ2n) is 19.1. The third-order valence-electron chi connectivity index (χ3n) is 12.0. The number of unbranched alkanes of at least 4 members (excludes halogenated alkanes) is 32. The lowest BCUT2D eigenvalue weighted by Crippen LogP contribution is -2.30. The van der Waals surface area contributed by atoms with E-state index in [1.807, 2.05) is 0 Å². The van der Waals surface area contributed by atoms with E-state index in [0.29, 0.717) is 19.3 Å². The maximum Gasteiger partial charge on any atom is 0.306 e. The molecule has 0 bridgehead atoms. The number of hydrogen-bond acceptors (Lipinski definition) is 6. The smallest absolute Gasteiger partial charge is 0.306 e. The minimum Gasteiger partial charge on any atom is -0.462 e. The number of carbonyl (C=O) groups excluding carboxylic acids is 3. The molecule has 0 rings (SSSR count). The number of carbonyl (C=O) groups is 3. The van der Waals surface area contributed by atoms with Crippen LogP contribution in [-0.4, -0.2) is 37.2 Å². The van der Waals surface area contributed by atoms with E-state index in [1.54, 1.807) is 0 Å². The Morgan fingerprint density at radius 3 is 0.831 bits per heavy atom. The molecule has 0 aromatic rings. The first-order valence-electron chi connectivity index (χ1n) is 26.2. The van der Waals surface area contributed by atoms with E-state index in [1.165, 1.54) is 173 Å². The van der Waals surface area contributed by atoms with Gasteiger partial charge < -0.3 is 14.2 Å². The van der Waals surface area contributed by atoms with Crippen LogP contribution in [0.15, 0.2) is 0 Å². The van der Waals surface area contributed by atoms with E-state index in [0.717, 1.165) is 76.0 Å². The molecule has 350 valence electrons. The summed E-state index contributed by atoms with van der Waals surface area (Å²) in [7, 11) is 0. The van der Waals surface area contributed by atoms with E-state index < -0.39 is 6.10 Å². The van der Waals surface area contributed by atoms with Gasteiger partial charge in [0.25, 0.3) is 0 Å². The zero-order chi connectivity index (χ0) is 43.3. The molecule has 0 spiro atoms. The van der Waals surface area contributed by atoms with Gasteiger partial charge in [-0.2, -0.15) is 0 Å². The van der Waals surface area contributed by atoms with E-state index in [2.05, 4.69) is 34.6 Å². The number of esters is 3. The maximum atomic E-state index is 12.7. The minimum absolute atomic E-state index is 0.0646. The van der Waals surface area contributed by atoms with Crippen LogP contribution < -0.4 is 0 Å². The molecule has 0 saturated heterocycles. The molecule has 6 nitrogen and oxygen atoms in total. The third kappa shape index (κ3) is 47.3. The molecule has 0 aliphatic carbocycles. The SMILES string of the molecule is CCCCCCCC(=O)OC[C@H](COC(=O)CCCCCCCCCCCCCCC(C)C)OC(=O)CCCCCCCCCCCCCCCCCCCCC(C)C. The van der Waals surface area contributed by atoms with Gasteiger partial charge in [-0.3, -0.25) is 14.4 Å². The topological polar surface area (TPSA) is 78.9 Å². The average Bonchev–Trinajstić information content (AvgIpc) is 3.20. The minimum atomic E-state index is -0.759. The van der Waals surface area contributed by atoms with Crippen molar-refractivity contribution in [2.24, 2.45) is 11.8 Å². The highest BCUT2D eigenvalue weighted by Gasteiger charge is 2.19. The molecule has 0 aliphatic rings. The van der Waals surface area contributed by atoms with Gasteiger partial charge in [-0.25, -0.2) is 0 Å². The van der Waals surface area contributed by atoms with Gasteiger partial charge >= 0.3 is 17.9 Å². The summed E-state index contributed by atoms with van der Waals surface area (Å²) in [6, 6.07) is 0. The van der Waals surface area contributed by atoms with E-state index in [4.69, 9.17) is 14.2 Å². The van der Waals surface area contributed by atoms with Gasteiger partial charge in [-0.1, -0.05) is 253 Å². The Bertz CT molecular complexity index is 900. The van der Waals surface area contributed by atoms with E-state index in [-0.39, 0.29) is 31.1 Å². The van der Waals surface area contributed by atoms with Crippen molar-refractivity contribution in [2.75, 3.05) is 13.2 Å². The summed E-state index contributed by atoms with van der Waals surface area (Å²) < 4.78 is 16.7. The standard InChI is InChI=1S/C53H102O6/c1-6-7-8-31-38-43-51(54)57-46-50(47-58-52(55)44-39-34-29-25-21-18-17-20-24-28-33-37-42-49(4)5)59-53(56)45-40-35-30-26-22-16-14-12-10-9-11-13-15-19-23-27-32-36-41-48(2)3/h48-50H,6-47H2,1-5H3/t50-/m1/s1. The summed E-state index contributed by atoms with van der Waals surface area (Å²) in [5.41, 5.74) is 0. The number of ether oxygens (including phenoxy) is 3. The molecule has 0 saturated carbocycles. The fraction of sp³-hybridized carbons (Fsp3) is 0.943. The molecule has 0 amide bonds. The van der Waals surface area contributed by atoms with Crippen molar-refractivity contribution in [2.45, 2.75) is 298 Å². The fourth-order valence-corrected chi connectivity index (χ4v) is 7.99. The van der Waals surface area contributed by atoms with Gasteiger partial charge in [0.1, 0.15) is 13.2 Å². The van der Waals surface area contributed by atoms with Gasteiger partial charge in [-0.15, -0.1) is 0 Å². The summed E-state index contributed by atoms with van der Waals surface area (Å²) in [4.78, 5) is 37.7. The van der Waals surface area contributed by atoms with Crippen LogP contribution in [0.1, 0.15) is 291 Å². The lowest BCUT2D eigenvalue weighted by molar-refractivity contribution is -0.167. The van der Waals surface area contributed by atoms with Gasteiger partial charge in [-0.05, 0) is 31.1 Å². The molecule has 0 heterocycles. The zero-order valence-electron chi connectivity index (χ0n) is 40.4. The Kier molecular flexibility index (Phi) is 44.7. The van der Waals surface area contributed by atoms with Crippen LogP contribution in [0.25, 0.3) is 0 Å². The average molecular weight is 835 g/mol.